The second-order valence-electron chi connectivity index (χ2n) is 12.7. The van der Waals surface area contributed by atoms with Crippen LogP contribution >= 0.6 is 0 Å². The van der Waals surface area contributed by atoms with Gasteiger partial charge in [0.25, 0.3) is 0 Å². The molecule has 0 unspecified atom stereocenters. The molecule has 4 nitrogen and oxygen atoms in total. The highest BCUT2D eigenvalue weighted by Crippen LogP contribution is 2.58. The van der Waals surface area contributed by atoms with E-state index >= 15 is 0 Å². The smallest absolute Gasteiger partial charge is 0.195 e. The summed E-state index contributed by atoms with van der Waals surface area (Å²) in [5.74, 6) is 1.89. The topological polar surface area (TPSA) is 43.0 Å². The second-order valence-corrected chi connectivity index (χ2v) is 12.7. The average Bonchev–Trinajstić information content (AvgIpc) is 3.53. The first-order chi connectivity index (χ1) is 25.2. The summed E-state index contributed by atoms with van der Waals surface area (Å²) in [6.45, 7) is 8.16. The molecule has 0 atom stereocenters. The first-order valence-electron chi connectivity index (χ1n) is 17.0. The van der Waals surface area contributed by atoms with Crippen molar-refractivity contribution in [1.29, 1.82) is 0 Å². The van der Waals surface area contributed by atoms with Crippen molar-refractivity contribution < 1.29 is 0 Å². The minimum absolute atomic E-state index is 0.554. The van der Waals surface area contributed by atoms with Crippen LogP contribution in [-0.2, 0) is 5.41 Å². The van der Waals surface area contributed by atoms with Crippen LogP contribution in [0.1, 0.15) is 22.3 Å². The van der Waals surface area contributed by atoms with Gasteiger partial charge < -0.3 is 0 Å². The van der Waals surface area contributed by atoms with Gasteiger partial charge in [-0.05, 0) is 50.6 Å². The lowest BCUT2D eigenvalue weighted by atomic mass is 9.67. The summed E-state index contributed by atoms with van der Waals surface area (Å²) in [5, 5.41) is 0. The van der Waals surface area contributed by atoms with Gasteiger partial charge >= 0.3 is 0 Å². The van der Waals surface area contributed by atoms with Gasteiger partial charge in [0.05, 0.1) is 12.0 Å². The lowest BCUT2D eigenvalue weighted by Gasteiger charge is -2.34. The molecule has 8 aromatic rings. The van der Waals surface area contributed by atoms with Crippen molar-refractivity contribution >= 4 is 5.69 Å². The van der Waals surface area contributed by atoms with Gasteiger partial charge in [-0.2, -0.15) is 0 Å². The van der Waals surface area contributed by atoms with Crippen molar-refractivity contribution in [2.24, 2.45) is 0 Å². The van der Waals surface area contributed by atoms with Crippen LogP contribution in [0.25, 0.3) is 61.3 Å². The fourth-order valence-corrected chi connectivity index (χ4v) is 7.55. The molecule has 1 aliphatic carbocycles. The van der Waals surface area contributed by atoms with Crippen LogP contribution in [0.4, 0.5) is 5.69 Å². The third kappa shape index (κ3) is 5.03. The van der Waals surface area contributed by atoms with Crippen LogP contribution < -0.4 is 0 Å². The molecular weight excluding hydrogens is 621 g/mol. The standard InChI is InChI=1S/C47H30N4/c1-48-42-24-14-23-41-43(42)39-31-36(29-30-40(39)47(41,37-19-10-4-11-20-37)38-21-12-5-13-22-38)32-25-27-35(28-26-32)46-50-44(33-15-6-2-7-16-33)49-45(51-46)34-17-8-3-9-18-34/h2-31H. The van der Waals surface area contributed by atoms with Gasteiger partial charge in [-0.25, -0.2) is 19.8 Å². The fraction of sp³-hybridized carbons (Fsp3) is 0.0213. The highest BCUT2D eigenvalue weighted by atomic mass is 15.0. The van der Waals surface area contributed by atoms with Crippen LogP contribution in [-0.4, -0.2) is 15.0 Å². The number of rotatable bonds is 6. The summed E-state index contributed by atoms with van der Waals surface area (Å²) in [6, 6.07) is 62.7. The molecule has 9 rings (SSSR count). The molecule has 1 aromatic heterocycles. The molecule has 0 spiro atoms. The SMILES string of the molecule is [C-]#[N+]c1cccc2c1-c1cc(-c3ccc(-c4nc(-c5ccccc5)nc(-c5ccccc5)n4)cc3)ccc1C2(c1ccccc1)c1ccccc1. The number of hydrogen-bond acceptors (Lipinski definition) is 3. The van der Waals surface area contributed by atoms with E-state index in [2.05, 4.69) is 114 Å². The number of benzene rings is 7. The average molecular weight is 651 g/mol. The van der Waals surface area contributed by atoms with Crippen LogP contribution in [0.2, 0.25) is 0 Å². The molecule has 7 aromatic carbocycles. The molecule has 0 radical (unpaired) electrons. The molecule has 0 aliphatic heterocycles. The Morgan fingerprint density at radius 2 is 0.843 bits per heavy atom. The summed E-state index contributed by atoms with van der Waals surface area (Å²) in [5.41, 5.74) is 11.8. The normalized spacial score (nSPS) is 12.5. The number of fused-ring (bicyclic) bond motifs is 3. The van der Waals surface area contributed by atoms with Crippen LogP contribution in [0, 0.1) is 6.57 Å². The zero-order chi connectivity index (χ0) is 34.2. The lowest BCUT2D eigenvalue weighted by Crippen LogP contribution is -2.28. The van der Waals surface area contributed by atoms with E-state index in [1.54, 1.807) is 0 Å². The maximum Gasteiger partial charge on any atom is 0.195 e. The van der Waals surface area contributed by atoms with E-state index < -0.39 is 5.41 Å². The minimum atomic E-state index is -0.554. The van der Waals surface area contributed by atoms with Crippen LogP contribution in [0.5, 0.6) is 0 Å². The van der Waals surface area contributed by atoms with E-state index in [4.69, 9.17) is 21.5 Å². The Balaban J connectivity index is 1.17. The van der Waals surface area contributed by atoms with Gasteiger partial charge in [0.1, 0.15) is 0 Å². The van der Waals surface area contributed by atoms with Crippen molar-refractivity contribution in [3.8, 4) is 56.4 Å². The molecule has 0 fully saturated rings. The fourth-order valence-electron chi connectivity index (χ4n) is 7.55. The minimum Gasteiger partial charge on any atom is -0.238 e. The third-order valence-corrected chi connectivity index (χ3v) is 9.85. The Kier molecular flexibility index (Phi) is 7.38. The summed E-state index contributed by atoms with van der Waals surface area (Å²) >= 11 is 0. The third-order valence-electron chi connectivity index (χ3n) is 9.85. The van der Waals surface area contributed by atoms with Crippen LogP contribution in [0.15, 0.2) is 182 Å². The van der Waals surface area contributed by atoms with Crippen molar-refractivity contribution in [1.82, 2.24) is 15.0 Å². The zero-order valence-corrected chi connectivity index (χ0v) is 27.6. The van der Waals surface area contributed by atoms with E-state index in [1.807, 2.05) is 72.8 Å². The van der Waals surface area contributed by atoms with E-state index in [0.29, 0.717) is 23.2 Å². The van der Waals surface area contributed by atoms with Crippen LogP contribution in [0.3, 0.4) is 0 Å². The first-order valence-corrected chi connectivity index (χ1v) is 17.0. The lowest BCUT2D eigenvalue weighted by molar-refractivity contribution is 0.769. The highest BCUT2D eigenvalue weighted by Gasteiger charge is 2.46. The molecule has 0 N–H and O–H groups in total. The Morgan fingerprint density at radius 3 is 1.35 bits per heavy atom. The van der Waals surface area contributed by atoms with Gasteiger partial charge in [0.2, 0.25) is 0 Å². The molecular formula is C47H30N4. The largest absolute Gasteiger partial charge is 0.238 e. The van der Waals surface area contributed by atoms with Crippen molar-refractivity contribution in [3.05, 3.63) is 216 Å². The molecule has 51 heavy (non-hydrogen) atoms. The summed E-state index contributed by atoms with van der Waals surface area (Å²) in [4.78, 5) is 18.7. The molecule has 4 heteroatoms. The Morgan fingerprint density at radius 1 is 0.392 bits per heavy atom. The van der Waals surface area contributed by atoms with Gasteiger partial charge in [-0.3, -0.25) is 0 Å². The van der Waals surface area contributed by atoms with E-state index in [1.165, 1.54) is 16.7 Å². The van der Waals surface area contributed by atoms with Gasteiger partial charge in [0, 0.05) is 16.7 Å². The Bertz CT molecular complexity index is 2460. The highest BCUT2D eigenvalue weighted by molar-refractivity contribution is 5.95. The Hall–Kier alpha value is -6.96. The summed E-state index contributed by atoms with van der Waals surface area (Å²) < 4.78 is 0. The first kappa shape index (κ1) is 30.1. The van der Waals surface area contributed by atoms with E-state index in [-0.39, 0.29) is 0 Å². The van der Waals surface area contributed by atoms with Gasteiger partial charge in [-0.15, -0.1) is 0 Å². The quantitative estimate of drug-likeness (QED) is 0.168. The van der Waals surface area contributed by atoms with E-state index in [9.17, 15) is 0 Å². The van der Waals surface area contributed by atoms with Gasteiger partial charge in [-0.1, -0.05) is 176 Å². The molecule has 0 saturated carbocycles. The molecule has 0 bridgehead atoms. The molecule has 0 amide bonds. The molecule has 0 saturated heterocycles. The maximum absolute atomic E-state index is 8.16. The number of aromatic nitrogens is 3. The maximum atomic E-state index is 8.16. The second kappa shape index (κ2) is 12.5. The number of nitrogens with zero attached hydrogens (tertiary/aromatic N) is 4. The summed E-state index contributed by atoms with van der Waals surface area (Å²) in [7, 11) is 0. The Labute approximate surface area is 297 Å². The monoisotopic (exact) mass is 650 g/mol. The molecule has 1 heterocycles. The predicted octanol–water partition coefficient (Wildman–Crippen LogP) is 11.5. The van der Waals surface area contributed by atoms with Crippen molar-refractivity contribution in [2.75, 3.05) is 0 Å². The number of hydrogen-bond donors (Lipinski definition) is 0. The predicted molar refractivity (Wildman–Crippen MR) is 205 cm³/mol. The summed E-state index contributed by atoms with van der Waals surface area (Å²) in [6.07, 6.45) is 0. The van der Waals surface area contributed by atoms with E-state index in [0.717, 1.165) is 44.5 Å². The zero-order valence-electron chi connectivity index (χ0n) is 27.6. The van der Waals surface area contributed by atoms with Gasteiger partial charge in [0.15, 0.2) is 23.2 Å². The molecule has 238 valence electrons. The molecule has 1 aliphatic rings. The van der Waals surface area contributed by atoms with Crippen molar-refractivity contribution in [3.63, 3.8) is 0 Å². The van der Waals surface area contributed by atoms with Crippen molar-refractivity contribution in [2.45, 2.75) is 5.41 Å².